The predicted molar refractivity (Wildman–Crippen MR) is 95.2 cm³/mol. The lowest BCUT2D eigenvalue weighted by molar-refractivity contribution is 0.149. The molecule has 1 N–H and O–H groups in total. The normalized spacial score (nSPS) is 22.9. The summed E-state index contributed by atoms with van der Waals surface area (Å²) in [5, 5.41) is 0.877. The molecule has 2 aromatic rings. The van der Waals surface area contributed by atoms with Gasteiger partial charge >= 0.3 is 0 Å². The monoisotopic (exact) mass is 331 g/mol. The molecule has 124 valence electrons. The molecular weight excluding hydrogens is 306 g/mol. The molecule has 3 heterocycles. The molecule has 2 aliphatic rings. The number of aromatic amines is 1. The molecule has 0 radical (unpaired) electrons. The maximum atomic E-state index is 12.7. The molecule has 23 heavy (non-hydrogen) atoms. The van der Waals surface area contributed by atoms with Gasteiger partial charge in [0, 0.05) is 10.9 Å². The van der Waals surface area contributed by atoms with Crippen molar-refractivity contribution >= 4 is 21.6 Å². The maximum absolute atomic E-state index is 12.7. The minimum absolute atomic E-state index is 0.0778. The molecule has 1 fully saturated rings. The van der Waals surface area contributed by atoms with Crippen LogP contribution in [0.5, 0.6) is 0 Å². The van der Waals surface area contributed by atoms with E-state index in [1.807, 2.05) is 0 Å². The smallest absolute Gasteiger partial charge is 0.259 e. The van der Waals surface area contributed by atoms with E-state index in [9.17, 15) is 4.79 Å². The highest BCUT2D eigenvalue weighted by molar-refractivity contribution is 7.18. The van der Waals surface area contributed by atoms with Crippen LogP contribution in [0.2, 0.25) is 0 Å². The summed E-state index contributed by atoms with van der Waals surface area (Å²) in [4.78, 5) is 25.4. The number of hydrogen-bond donors (Lipinski definition) is 1. The average molecular weight is 331 g/mol. The molecular formula is C18H25N3OS. The Morgan fingerprint density at radius 2 is 2.09 bits per heavy atom. The van der Waals surface area contributed by atoms with Crippen LogP contribution in [-0.2, 0) is 19.4 Å². The summed E-state index contributed by atoms with van der Waals surface area (Å²) in [6, 6.07) is 0.588. The molecule has 1 aliphatic carbocycles. The van der Waals surface area contributed by atoms with Crippen molar-refractivity contribution in [2.75, 3.05) is 6.54 Å². The van der Waals surface area contributed by atoms with Crippen LogP contribution in [0.3, 0.4) is 0 Å². The van der Waals surface area contributed by atoms with E-state index in [-0.39, 0.29) is 5.56 Å². The largest absolute Gasteiger partial charge is 0.309 e. The highest BCUT2D eigenvalue weighted by Gasteiger charge is 2.22. The molecule has 1 atom stereocenters. The number of rotatable bonds is 2. The minimum Gasteiger partial charge on any atom is -0.309 e. The first-order valence-electron chi connectivity index (χ1n) is 9.00. The first-order valence-corrected chi connectivity index (χ1v) is 9.81. The standard InChI is InChI=1S/C18H25N3OS/c1-12-7-5-6-10-21(12)11-15-19-17(22)16-13-8-3-2-4-9-14(13)23-18(16)20-15/h12H,2-11H2,1H3,(H,19,20,22). The van der Waals surface area contributed by atoms with E-state index >= 15 is 0 Å². The molecule has 2 aromatic heterocycles. The molecule has 0 bridgehead atoms. The number of aromatic nitrogens is 2. The van der Waals surface area contributed by atoms with Crippen LogP contribution in [-0.4, -0.2) is 27.5 Å². The first-order chi connectivity index (χ1) is 11.2. The van der Waals surface area contributed by atoms with Crippen molar-refractivity contribution in [3.8, 4) is 0 Å². The second-order valence-corrected chi connectivity index (χ2v) is 8.16. The van der Waals surface area contributed by atoms with Gasteiger partial charge in [-0.3, -0.25) is 9.69 Å². The van der Waals surface area contributed by atoms with Crippen molar-refractivity contribution in [3.05, 3.63) is 26.6 Å². The van der Waals surface area contributed by atoms with Crippen molar-refractivity contribution < 1.29 is 0 Å². The molecule has 0 spiro atoms. The number of fused-ring (bicyclic) bond motifs is 3. The zero-order chi connectivity index (χ0) is 15.8. The summed E-state index contributed by atoms with van der Waals surface area (Å²) in [5.41, 5.74) is 1.36. The molecule has 1 unspecified atom stereocenters. The Hall–Kier alpha value is -1.20. The first kappa shape index (κ1) is 15.3. The lowest BCUT2D eigenvalue weighted by atomic mass is 10.0. The van der Waals surface area contributed by atoms with Gasteiger partial charge in [0.2, 0.25) is 0 Å². The van der Waals surface area contributed by atoms with E-state index in [1.54, 1.807) is 11.3 Å². The fourth-order valence-electron chi connectivity index (χ4n) is 4.04. The van der Waals surface area contributed by atoms with Crippen molar-refractivity contribution in [2.45, 2.75) is 70.9 Å². The van der Waals surface area contributed by atoms with Gasteiger partial charge in [-0.25, -0.2) is 4.98 Å². The van der Waals surface area contributed by atoms with Crippen molar-refractivity contribution in [1.29, 1.82) is 0 Å². The van der Waals surface area contributed by atoms with Crippen molar-refractivity contribution in [3.63, 3.8) is 0 Å². The van der Waals surface area contributed by atoms with E-state index in [0.717, 1.165) is 42.0 Å². The van der Waals surface area contributed by atoms with Gasteiger partial charge in [0.05, 0.1) is 11.9 Å². The highest BCUT2D eigenvalue weighted by Crippen LogP contribution is 2.33. The Labute approximate surface area is 140 Å². The number of likely N-dealkylation sites (tertiary alicyclic amines) is 1. The van der Waals surface area contributed by atoms with Crippen molar-refractivity contribution in [2.24, 2.45) is 0 Å². The van der Waals surface area contributed by atoms with Crippen molar-refractivity contribution in [1.82, 2.24) is 14.9 Å². The Bertz CT molecular complexity index is 763. The maximum Gasteiger partial charge on any atom is 0.259 e. The fraction of sp³-hybridized carbons (Fsp3) is 0.667. The van der Waals surface area contributed by atoms with Crippen LogP contribution in [0.1, 0.15) is 61.7 Å². The molecule has 1 saturated heterocycles. The number of H-pyrrole nitrogens is 1. The van der Waals surface area contributed by atoms with E-state index in [0.29, 0.717) is 6.04 Å². The molecule has 0 aromatic carbocycles. The van der Waals surface area contributed by atoms with Gasteiger partial charge in [-0.05, 0) is 57.6 Å². The van der Waals surface area contributed by atoms with E-state index < -0.39 is 0 Å². The number of thiophene rings is 1. The van der Waals surface area contributed by atoms with Gasteiger partial charge in [0.1, 0.15) is 10.7 Å². The summed E-state index contributed by atoms with van der Waals surface area (Å²) >= 11 is 1.75. The zero-order valence-electron chi connectivity index (χ0n) is 13.9. The lowest BCUT2D eigenvalue weighted by Gasteiger charge is -2.32. The third-order valence-corrected chi connectivity index (χ3v) is 6.60. The van der Waals surface area contributed by atoms with Crippen LogP contribution in [0.25, 0.3) is 10.2 Å². The Morgan fingerprint density at radius 1 is 1.22 bits per heavy atom. The second kappa shape index (κ2) is 6.36. The van der Waals surface area contributed by atoms with Gasteiger partial charge in [0.15, 0.2) is 0 Å². The lowest BCUT2D eigenvalue weighted by Crippen LogP contribution is -2.37. The van der Waals surface area contributed by atoms with E-state index in [2.05, 4.69) is 16.8 Å². The Balaban J connectivity index is 1.69. The summed E-state index contributed by atoms with van der Waals surface area (Å²) < 4.78 is 0. The quantitative estimate of drug-likeness (QED) is 0.855. The Kier molecular flexibility index (Phi) is 4.24. The number of hydrogen-bond acceptors (Lipinski definition) is 4. The van der Waals surface area contributed by atoms with Crippen LogP contribution in [0.15, 0.2) is 4.79 Å². The Morgan fingerprint density at radius 3 is 2.96 bits per heavy atom. The predicted octanol–water partition coefficient (Wildman–Crippen LogP) is 3.63. The summed E-state index contributed by atoms with van der Waals surface area (Å²) in [5.74, 6) is 0.840. The van der Waals surface area contributed by atoms with Gasteiger partial charge in [-0.15, -0.1) is 11.3 Å². The molecule has 0 amide bonds. The average Bonchev–Trinajstić information content (AvgIpc) is 2.72. The van der Waals surface area contributed by atoms with Gasteiger partial charge in [-0.2, -0.15) is 0 Å². The highest BCUT2D eigenvalue weighted by atomic mass is 32.1. The summed E-state index contributed by atoms with van der Waals surface area (Å²) in [6.07, 6.45) is 9.71. The third kappa shape index (κ3) is 2.96. The van der Waals surface area contributed by atoms with Crippen LogP contribution >= 0.6 is 11.3 Å². The SMILES string of the molecule is CC1CCCCN1Cc1nc2sc3c(c2c(=O)[nH]1)CCCCC3. The second-order valence-electron chi connectivity index (χ2n) is 7.07. The topological polar surface area (TPSA) is 49.0 Å². The van der Waals surface area contributed by atoms with E-state index in [1.165, 1.54) is 49.0 Å². The van der Waals surface area contributed by atoms with Crippen LogP contribution < -0.4 is 5.56 Å². The minimum atomic E-state index is 0.0778. The number of aryl methyl sites for hydroxylation is 2. The van der Waals surface area contributed by atoms with Crippen LogP contribution in [0, 0.1) is 0 Å². The van der Waals surface area contributed by atoms with E-state index in [4.69, 9.17) is 4.98 Å². The van der Waals surface area contributed by atoms with Crippen LogP contribution in [0.4, 0.5) is 0 Å². The molecule has 4 nitrogen and oxygen atoms in total. The zero-order valence-corrected chi connectivity index (χ0v) is 14.7. The van der Waals surface area contributed by atoms with Gasteiger partial charge in [0.25, 0.3) is 5.56 Å². The summed E-state index contributed by atoms with van der Waals surface area (Å²) in [6.45, 7) is 4.17. The summed E-state index contributed by atoms with van der Waals surface area (Å²) in [7, 11) is 0. The molecule has 4 rings (SSSR count). The number of piperidine rings is 1. The number of nitrogens with one attached hydrogen (secondary N) is 1. The number of nitrogens with zero attached hydrogens (tertiary/aromatic N) is 2. The third-order valence-electron chi connectivity index (χ3n) is 5.42. The van der Waals surface area contributed by atoms with Gasteiger partial charge in [-0.1, -0.05) is 12.8 Å². The van der Waals surface area contributed by atoms with Gasteiger partial charge < -0.3 is 4.98 Å². The molecule has 1 aliphatic heterocycles. The fourth-order valence-corrected chi connectivity index (χ4v) is 5.33. The molecule has 0 saturated carbocycles. The molecule has 5 heteroatoms.